The van der Waals surface area contributed by atoms with E-state index in [-0.39, 0.29) is 30.6 Å². The smallest absolute Gasteiger partial charge is 0.306 e. The zero-order valence-electron chi connectivity index (χ0n) is 13.9. The SMILES string of the molecule is CCOC(=O)CCC(=O)Nc1cccc(CCC(=O)N(C)C)c1. The molecule has 0 aliphatic rings. The second-order valence-electron chi connectivity index (χ2n) is 5.34. The van der Waals surface area contributed by atoms with Gasteiger partial charge in [0.2, 0.25) is 11.8 Å². The molecule has 1 N–H and O–H groups in total. The highest BCUT2D eigenvalue weighted by atomic mass is 16.5. The molecule has 0 bridgehead atoms. The van der Waals surface area contributed by atoms with E-state index in [1.807, 2.05) is 18.2 Å². The van der Waals surface area contributed by atoms with Gasteiger partial charge >= 0.3 is 5.97 Å². The molecule has 6 heteroatoms. The zero-order valence-corrected chi connectivity index (χ0v) is 13.9. The molecule has 0 saturated carbocycles. The lowest BCUT2D eigenvalue weighted by molar-refractivity contribution is -0.144. The van der Waals surface area contributed by atoms with Crippen LogP contribution in [0.3, 0.4) is 0 Å². The van der Waals surface area contributed by atoms with Crippen molar-refractivity contribution in [2.45, 2.75) is 32.6 Å². The summed E-state index contributed by atoms with van der Waals surface area (Å²) in [6, 6.07) is 7.36. The zero-order chi connectivity index (χ0) is 17.2. The molecule has 0 radical (unpaired) electrons. The first-order valence-corrected chi connectivity index (χ1v) is 7.67. The third-order valence-electron chi connectivity index (χ3n) is 3.20. The van der Waals surface area contributed by atoms with Crippen molar-refractivity contribution in [1.82, 2.24) is 4.90 Å². The van der Waals surface area contributed by atoms with Crippen LogP contribution in [0.25, 0.3) is 0 Å². The fraction of sp³-hybridized carbons (Fsp3) is 0.471. The summed E-state index contributed by atoms with van der Waals surface area (Å²) in [4.78, 5) is 36.2. The molecular weight excluding hydrogens is 296 g/mol. The summed E-state index contributed by atoms with van der Waals surface area (Å²) < 4.78 is 4.78. The first-order valence-electron chi connectivity index (χ1n) is 7.67. The quantitative estimate of drug-likeness (QED) is 0.743. The summed E-state index contributed by atoms with van der Waals surface area (Å²) in [6.07, 6.45) is 1.19. The number of rotatable bonds is 8. The van der Waals surface area contributed by atoms with E-state index < -0.39 is 0 Å². The maximum atomic E-state index is 11.8. The van der Waals surface area contributed by atoms with Crippen molar-refractivity contribution in [2.75, 3.05) is 26.0 Å². The average molecular weight is 320 g/mol. The van der Waals surface area contributed by atoms with Gasteiger partial charge in [0.05, 0.1) is 13.0 Å². The fourth-order valence-electron chi connectivity index (χ4n) is 1.95. The molecular formula is C17H24N2O4. The minimum atomic E-state index is -0.376. The van der Waals surface area contributed by atoms with Crippen LogP contribution in [0.1, 0.15) is 31.7 Å². The fourth-order valence-corrected chi connectivity index (χ4v) is 1.95. The Kier molecular flexibility index (Phi) is 7.80. The molecule has 2 amide bonds. The number of hydrogen-bond acceptors (Lipinski definition) is 4. The van der Waals surface area contributed by atoms with Gasteiger partial charge in [0.25, 0.3) is 0 Å². The van der Waals surface area contributed by atoms with Gasteiger partial charge in [-0.1, -0.05) is 12.1 Å². The first kappa shape index (κ1) is 18.7. The van der Waals surface area contributed by atoms with Crippen LogP contribution in [0.4, 0.5) is 5.69 Å². The molecule has 0 aliphatic heterocycles. The number of nitrogens with zero attached hydrogens (tertiary/aromatic N) is 1. The van der Waals surface area contributed by atoms with Crippen LogP contribution >= 0.6 is 0 Å². The molecule has 0 atom stereocenters. The van der Waals surface area contributed by atoms with Crippen molar-refractivity contribution < 1.29 is 19.1 Å². The van der Waals surface area contributed by atoms with Crippen molar-refractivity contribution in [1.29, 1.82) is 0 Å². The highest BCUT2D eigenvalue weighted by molar-refractivity contribution is 5.92. The minimum absolute atomic E-state index is 0.0638. The summed E-state index contributed by atoms with van der Waals surface area (Å²) in [7, 11) is 3.45. The number of benzene rings is 1. The molecule has 6 nitrogen and oxygen atoms in total. The molecule has 1 aromatic carbocycles. The Hall–Kier alpha value is -2.37. The Bertz CT molecular complexity index is 555. The van der Waals surface area contributed by atoms with Crippen LogP contribution in [0, 0.1) is 0 Å². The van der Waals surface area contributed by atoms with Gasteiger partial charge in [-0.3, -0.25) is 14.4 Å². The number of carbonyl (C=O) groups is 3. The number of hydrogen-bond donors (Lipinski definition) is 1. The molecule has 0 heterocycles. The predicted octanol–water partition coefficient (Wildman–Crippen LogP) is 1.99. The number of amides is 2. The Morgan fingerprint density at radius 3 is 2.52 bits per heavy atom. The maximum absolute atomic E-state index is 11.8. The van der Waals surface area contributed by atoms with Crippen molar-refractivity contribution in [2.24, 2.45) is 0 Å². The van der Waals surface area contributed by atoms with E-state index in [4.69, 9.17) is 4.74 Å². The molecule has 0 spiro atoms. The van der Waals surface area contributed by atoms with Crippen molar-refractivity contribution >= 4 is 23.5 Å². The third kappa shape index (κ3) is 7.44. The number of carbonyl (C=O) groups excluding carboxylic acids is 3. The maximum Gasteiger partial charge on any atom is 0.306 e. The van der Waals surface area contributed by atoms with Gasteiger partial charge in [-0.15, -0.1) is 0 Å². The normalized spacial score (nSPS) is 10.0. The highest BCUT2D eigenvalue weighted by Crippen LogP contribution is 2.13. The molecule has 0 saturated heterocycles. The Morgan fingerprint density at radius 2 is 1.87 bits per heavy atom. The van der Waals surface area contributed by atoms with Gasteiger partial charge in [0.15, 0.2) is 0 Å². The number of ether oxygens (including phenoxy) is 1. The van der Waals surface area contributed by atoms with E-state index in [1.165, 1.54) is 0 Å². The van der Waals surface area contributed by atoms with Crippen molar-refractivity contribution in [3.05, 3.63) is 29.8 Å². The summed E-state index contributed by atoms with van der Waals surface area (Å²) in [6.45, 7) is 2.04. The first-order chi connectivity index (χ1) is 10.9. The highest BCUT2D eigenvalue weighted by Gasteiger charge is 2.09. The summed E-state index contributed by atoms with van der Waals surface area (Å²) in [5.74, 6) is -0.549. The van der Waals surface area contributed by atoms with E-state index >= 15 is 0 Å². The van der Waals surface area contributed by atoms with Gasteiger partial charge in [-0.05, 0) is 31.0 Å². The van der Waals surface area contributed by atoms with Gasteiger partial charge in [0, 0.05) is 32.6 Å². The lowest BCUT2D eigenvalue weighted by Crippen LogP contribution is -2.21. The van der Waals surface area contributed by atoms with Crippen LogP contribution in [-0.4, -0.2) is 43.4 Å². The Labute approximate surface area is 136 Å². The average Bonchev–Trinajstić information content (AvgIpc) is 2.51. The lowest BCUT2D eigenvalue weighted by atomic mass is 10.1. The van der Waals surface area contributed by atoms with Crippen LogP contribution in [0.15, 0.2) is 24.3 Å². The summed E-state index contributed by atoms with van der Waals surface area (Å²) >= 11 is 0. The second kappa shape index (κ2) is 9.61. The number of anilines is 1. The van der Waals surface area contributed by atoms with E-state index in [2.05, 4.69) is 5.32 Å². The summed E-state index contributed by atoms with van der Waals surface area (Å²) in [5.41, 5.74) is 1.64. The van der Waals surface area contributed by atoms with Crippen molar-refractivity contribution in [3.63, 3.8) is 0 Å². The largest absolute Gasteiger partial charge is 0.466 e. The van der Waals surface area contributed by atoms with E-state index in [0.717, 1.165) is 5.56 Å². The number of aryl methyl sites for hydroxylation is 1. The lowest BCUT2D eigenvalue weighted by Gasteiger charge is -2.11. The van der Waals surface area contributed by atoms with Gasteiger partial charge in [-0.25, -0.2) is 0 Å². The third-order valence-corrected chi connectivity index (χ3v) is 3.20. The minimum Gasteiger partial charge on any atom is -0.466 e. The number of nitrogens with one attached hydrogen (secondary N) is 1. The standard InChI is InChI=1S/C17H24N2O4/c1-4-23-17(22)11-9-15(20)18-14-7-5-6-13(12-14)8-10-16(21)19(2)3/h5-7,12H,4,8-11H2,1-3H3,(H,18,20). The van der Waals surface area contributed by atoms with E-state index in [9.17, 15) is 14.4 Å². The van der Waals surface area contributed by atoms with Gasteiger partial charge < -0.3 is 15.0 Å². The molecule has 0 fully saturated rings. The van der Waals surface area contributed by atoms with Crippen LogP contribution in [0.2, 0.25) is 0 Å². The molecule has 0 unspecified atom stereocenters. The predicted molar refractivity (Wildman–Crippen MR) is 88.0 cm³/mol. The van der Waals surface area contributed by atoms with Crippen LogP contribution in [0.5, 0.6) is 0 Å². The topological polar surface area (TPSA) is 75.7 Å². The Morgan fingerprint density at radius 1 is 1.13 bits per heavy atom. The molecule has 23 heavy (non-hydrogen) atoms. The molecule has 1 aromatic rings. The summed E-state index contributed by atoms with van der Waals surface area (Å²) in [5, 5.41) is 2.75. The van der Waals surface area contributed by atoms with Crippen LogP contribution in [-0.2, 0) is 25.5 Å². The van der Waals surface area contributed by atoms with Gasteiger partial charge in [-0.2, -0.15) is 0 Å². The van der Waals surface area contributed by atoms with Gasteiger partial charge in [0.1, 0.15) is 0 Å². The molecule has 0 aromatic heterocycles. The molecule has 0 aliphatic carbocycles. The van der Waals surface area contributed by atoms with Crippen molar-refractivity contribution in [3.8, 4) is 0 Å². The van der Waals surface area contributed by atoms with E-state index in [1.54, 1.807) is 32.0 Å². The molecule has 126 valence electrons. The second-order valence-corrected chi connectivity index (χ2v) is 5.34. The molecule has 1 rings (SSSR count). The number of esters is 1. The van der Waals surface area contributed by atoms with Crippen LogP contribution < -0.4 is 5.32 Å². The Balaban J connectivity index is 2.48. The monoisotopic (exact) mass is 320 g/mol. The van der Waals surface area contributed by atoms with E-state index in [0.29, 0.717) is 25.1 Å².